The van der Waals surface area contributed by atoms with Crippen molar-refractivity contribution in [3.63, 3.8) is 0 Å². The van der Waals surface area contributed by atoms with Gasteiger partial charge in [0, 0.05) is 16.2 Å². The second kappa shape index (κ2) is 8.55. The molecule has 1 spiro atoms. The Balaban J connectivity index is 1.74. The van der Waals surface area contributed by atoms with Gasteiger partial charge in [-0.1, -0.05) is 99.0 Å². The lowest BCUT2D eigenvalue weighted by molar-refractivity contribution is 0.282. The lowest BCUT2D eigenvalue weighted by atomic mass is 9.62. The van der Waals surface area contributed by atoms with Gasteiger partial charge in [-0.25, -0.2) is 4.98 Å². The third-order valence-electron chi connectivity index (χ3n) is 7.08. The number of hydrogen-bond donors (Lipinski definition) is 0. The first-order valence-electron chi connectivity index (χ1n) is 11.9. The fourth-order valence-electron chi connectivity index (χ4n) is 5.54. The van der Waals surface area contributed by atoms with E-state index in [1.165, 1.54) is 30.4 Å². The summed E-state index contributed by atoms with van der Waals surface area (Å²) in [7, 11) is 0. The third kappa shape index (κ3) is 3.83. The van der Waals surface area contributed by atoms with Crippen molar-refractivity contribution in [3.8, 4) is 11.3 Å². The van der Waals surface area contributed by atoms with Crippen LogP contribution in [0.3, 0.4) is 0 Å². The van der Waals surface area contributed by atoms with Crippen molar-refractivity contribution in [1.82, 2.24) is 9.55 Å². The largest absolute Gasteiger partial charge is 0.283 e. The summed E-state index contributed by atoms with van der Waals surface area (Å²) >= 11 is 1.70. The van der Waals surface area contributed by atoms with Gasteiger partial charge in [-0.05, 0) is 37.3 Å². The number of aryl methyl sites for hydroxylation is 1. The van der Waals surface area contributed by atoms with E-state index >= 15 is 0 Å². The molecule has 0 bridgehead atoms. The monoisotopic (exact) mass is 444 g/mol. The normalized spacial score (nSPS) is 16.8. The highest BCUT2D eigenvalue weighted by Crippen LogP contribution is 2.48. The van der Waals surface area contributed by atoms with Crippen molar-refractivity contribution in [1.29, 1.82) is 0 Å². The molecule has 1 aromatic heterocycles. The highest BCUT2D eigenvalue weighted by atomic mass is 32.2. The van der Waals surface area contributed by atoms with E-state index in [1.54, 1.807) is 11.8 Å². The van der Waals surface area contributed by atoms with Crippen molar-refractivity contribution in [2.24, 2.45) is 0 Å². The van der Waals surface area contributed by atoms with Crippen LogP contribution in [0.25, 0.3) is 11.3 Å². The molecule has 2 aliphatic carbocycles. The predicted molar refractivity (Wildman–Crippen MR) is 134 cm³/mol. The maximum Gasteiger partial charge on any atom is 0.258 e. The fourth-order valence-corrected chi connectivity index (χ4v) is 6.38. The zero-order valence-corrected chi connectivity index (χ0v) is 20.2. The van der Waals surface area contributed by atoms with E-state index < -0.39 is 0 Å². The van der Waals surface area contributed by atoms with E-state index in [0.717, 1.165) is 46.8 Å². The minimum absolute atomic E-state index is 0.0674. The van der Waals surface area contributed by atoms with E-state index in [-0.39, 0.29) is 11.0 Å². The number of rotatable bonds is 4. The molecule has 0 aliphatic heterocycles. The van der Waals surface area contributed by atoms with E-state index in [2.05, 4.69) is 69.3 Å². The third-order valence-corrected chi connectivity index (χ3v) is 8.07. The van der Waals surface area contributed by atoms with Gasteiger partial charge in [0.2, 0.25) is 0 Å². The summed E-state index contributed by atoms with van der Waals surface area (Å²) in [4.78, 5) is 19.5. The molecule has 1 saturated carbocycles. The molecule has 0 saturated heterocycles. The second-order valence-electron chi connectivity index (χ2n) is 9.84. The van der Waals surface area contributed by atoms with Crippen LogP contribution in [0, 0.1) is 6.92 Å². The molecule has 166 valence electrons. The summed E-state index contributed by atoms with van der Waals surface area (Å²) in [5.41, 5.74) is 6.93. The molecule has 32 heavy (non-hydrogen) atoms. The molecule has 0 unspecified atom stereocenters. The number of thioether (sulfide) groups is 1. The van der Waals surface area contributed by atoms with Gasteiger partial charge in [0.1, 0.15) is 0 Å². The molecule has 0 radical (unpaired) electrons. The average Bonchev–Trinajstić information content (AvgIpc) is 2.77. The van der Waals surface area contributed by atoms with E-state index in [0.29, 0.717) is 11.8 Å². The summed E-state index contributed by atoms with van der Waals surface area (Å²) in [6.45, 7) is 7.01. The van der Waals surface area contributed by atoms with Gasteiger partial charge >= 0.3 is 0 Å². The Labute approximate surface area is 195 Å². The number of aromatic nitrogens is 2. The highest BCUT2D eigenvalue weighted by molar-refractivity contribution is 7.99. The highest BCUT2D eigenvalue weighted by Gasteiger charge is 2.43. The van der Waals surface area contributed by atoms with Crippen molar-refractivity contribution in [2.45, 2.75) is 81.7 Å². The maximum atomic E-state index is 14.3. The molecule has 5 rings (SSSR count). The van der Waals surface area contributed by atoms with E-state index in [4.69, 9.17) is 4.98 Å². The molecule has 4 heteroatoms. The minimum Gasteiger partial charge on any atom is -0.283 e. The van der Waals surface area contributed by atoms with Gasteiger partial charge in [-0.2, -0.15) is 0 Å². The predicted octanol–water partition coefficient (Wildman–Crippen LogP) is 6.53. The Kier molecular flexibility index (Phi) is 5.75. The first-order chi connectivity index (χ1) is 15.5. The van der Waals surface area contributed by atoms with Crippen molar-refractivity contribution >= 4 is 11.8 Å². The Bertz CT molecular complexity index is 1190. The summed E-state index contributed by atoms with van der Waals surface area (Å²) in [6, 6.07) is 17.1. The molecule has 3 aromatic rings. The van der Waals surface area contributed by atoms with Gasteiger partial charge < -0.3 is 0 Å². The van der Waals surface area contributed by atoms with Gasteiger partial charge in [-0.3, -0.25) is 9.36 Å². The fraction of sp³-hybridized carbons (Fsp3) is 0.429. The molecule has 2 aromatic carbocycles. The van der Waals surface area contributed by atoms with Crippen LogP contribution in [-0.2, 0) is 18.4 Å². The molecular formula is C28H32N2OS. The smallest absolute Gasteiger partial charge is 0.258 e. The second-order valence-corrected chi connectivity index (χ2v) is 11.4. The maximum absolute atomic E-state index is 14.3. The number of nitrogens with zero attached hydrogens (tertiary/aromatic N) is 2. The van der Waals surface area contributed by atoms with Crippen LogP contribution in [0.5, 0.6) is 0 Å². The molecule has 0 N–H and O–H groups in total. The molecule has 0 atom stereocenters. The quantitative estimate of drug-likeness (QED) is 0.339. The van der Waals surface area contributed by atoms with Crippen LogP contribution in [0.4, 0.5) is 0 Å². The van der Waals surface area contributed by atoms with Crippen LogP contribution < -0.4 is 5.56 Å². The topological polar surface area (TPSA) is 34.9 Å². The lowest BCUT2D eigenvalue weighted by Crippen LogP contribution is -2.43. The van der Waals surface area contributed by atoms with Gasteiger partial charge in [-0.15, -0.1) is 0 Å². The Morgan fingerprint density at radius 2 is 1.75 bits per heavy atom. The molecule has 1 fully saturated rings. The summed E-state index contributed by atoms with van der Waals surface area (Å²) < 4.78 is 1.96. The summed E-state index contributed by atoms with van der Waals surface area (Å²) in [6.07, 6.45) is 6.81. The minimum atomic E-state index is -0.0674. The van der Waals surface area contributed by atoms with E-state index in [9.17, 15) is 4.79 Å². The zero-order chi connectivity index (χ0) is 22.3. The standard InChI is InChI=1S/C28H32N2OS/c1-19(2)32-27-29-25-23-10-6-5-9-22(23)17-28(15-7-4-8-16-28)24(25)26(31)30(27)18-21-13-11-20(3)12-14-21/h5-6,9-14,19H,4,7-8,15-18H2,1-3H3. The van der Waals surface area contributed by atoms with Gasteiger partial charge in [0.15, 0.2) is 5.16 Å². The molecular weight excluding hydrogens is 412 g/mol. The average molecular weight is 445 g/mol. The molecule has 3 nitrogen and oxygen atoms in total. The van der Waals surface area contributed by atoms with E-state index in [1.807, 2.05) is 4.57 Å². The zero-order valence-electron chi connectivity index (χ0n) is 19.4. The van der Waals surface area contributed by atoms with Gasteiger partial charge in [0.05, 0.1) is 17.8 Å². The first-order valence-corrected chi connectivity index (χ1v) is 12.8. The number of fused-ring (bicyclic) bond motifs is 4. The van der Waals surface area contributed by atoms with Crippen LogP contribution in [0.15, 0.2) is 58.5 Å². The van der Waals surface area contributed by atoms with Crippen molar-refractivity contribution < 1.29 is 0 Å². The SMILES string of the molecule is Cc1ccc(Cn2c(SC(C)C)nc3c(c2=O)C2(CCCCC2)Cc2ccccc2-3)cc1. The molecule has 0 amide bonds. The Hall–Kier alpha value is -2.33. The Morgan fingerprint density at radius 3 is 2.47 bits per heavy atom. The van der Waals surface area contributed by atoms with Gasteiger partial charge in [0.25, 0.3) is 5.56 Å². The number of benzene rings is 2. The summed E-state index contributed by atoms with van der Waals surface area (Å²) in [5.74, 6) is 0. The number of hydrogen-bond acceptors (Lipinski definition) is 3. The van der Waals surface area contributed by atoms with Crippen LogP contribution in [0.2, 0.25) is 0 Å². The van der Waals surface area contributed by atoms with Crippen LogP contribution in [-0.4, -0.2) is 14.8 Å². The first kappa shape index (κ1) is 21.5. The van der Waals surface area contributed by atoms with Crippen molar-refractivity contribution in [3.05, 3.63) is 81.1 Å². The Morgan fingerprint density at radius 1 is 1.03 bits per heavy atom. The van der Waals surface area contributed by atoms with Crippen molar-refractivity contribution in [2.75, 3.05) is 0 Å². The molecule has 2 aliphatic rings. The summed E-state index contributed by atoms with van der Waals surface area (Å²) in [5, 5.41) is 1.19. The van der Waals surface area contributed by atoms with Crippen LogP contribution >= 0.6 is 11.8 Å². The molecule has 1 heterocycles. The lowest BCUT2D eigenvalue weighted by Gasteiger charge is -2.42. The van der Waals surface area contributed by atoms with Crippen LogP contribution in [0.1, 0.15) is 68.2 Å².